The minimum Gasteiger partial charge on any atom is -0.457 e. The first-order chi connectivity index (χ1) is 5.45. The summed E-state index contributed by atoms with van der Waals surface area (Å²) in [4.78, 5) is 12.6. The van der Waals surface area contributed by atoms with Crippen LogP contribution in [0.4, 0.5) is 0 Å². The minimum atomic E-state index is -0.417. The molecule has 0 fully saturated rings. The van der Waals surface area contributed by atoms with Gasteiger partial charge < -0.3 is 4.74 Å². The summed E-state index contributed by atoms with van der Waals surface area (Å²) in [5.41, 5.74) is -0.417. The van der Waals surface area contributed by atoms with Crippen LogP contribution >= 0.6 is 15.9 Å². The Morgan fingerprint density at radius 3 is 2.33 bits per heavy atom. The molecule has 0 amide bonds. The summed E-state index contributed by atoms with van der Waals surface area (Å²) >= 11 is 3.08. The third-order valence-electron chi connectivity index (χ3n) is 0.823. The highest BCUT2D eigenvalue weighted by Gasteiger charge is 2.13. The van der Waals surface area contributed by atoms with Crippen molar-refractivity contribution < 1.29 is 9.53 Å². The Bertz CT molecular complexity index is 199. The minimum absolute atomic E-state index is 0.326. The van der Waals surface area contributed by atoms with E-state index in [1.807, 2.05) is 20.8 Å². The fraction of sp³-hybridized carbons (Fsp3) is 0.444. The van der Waals surface area contributed by atoms with Crippen molar-refractivity contribution in [3.63, 3.8) is 0 Å². The second-order valence-corrected chi connectivity index (χ2v) is 3.74. The smallest absolute Gasteiger partial charge is 0.331 e. The van der Waals surface area contributed by atoms with E-state index in [4.69, 9.17) is 4.74 Å². The molecule has 0 aliphatic rings. The maximum atomic E-state index is 11.0. The molecule has 0 atom stereocenters. The zero-order valence-corrected chi connectivity index (χ0v) is 9.09. The number of rotatable bonds is 2. The average Bonchev–Trinajstić information content (AvgIpc) is 1.84. The van der Waals surface area contributed by atoms with Gasteiger partial charge in [0.05, 0.1) is 0 Å². The maximum Gasteiger partial charge on any atom is 0.331 e. The molecule has 0 aromatic rings. The number of carbonyl (C=O) groups excluding carboxylic acids is 1. The summed E-state index contributed by atoms with van der Waals surface area (Å²) in [6, 6.07) is 0. The Balaban J connectivity index is 3.91. The predicted molar refractivity (Wildman–Crippen MR) is 53.1 cm³/mol. The van der Waals surface area contributed by atoms with Crippen molar-refractivity contribution in [1.29, 1.82) is 0 Å². The SMILES string of the molecule is CC(C)(C)OC(=O)/C=C/C=C\Br. The van der Waals surface area contributed by atoms with E-state index in [1.165, 1.54) is 6.08 Å². The van der Waals surface area contributed by atoms with E-state index in [2.05, 4.69) is 15.9 Å². The molecule has 12 heavy (non-hydrogen) atoms. The number of hydrogen-bond acceptors (Lipinski definition) is 2. The van der Waals surface area contributed by atoms with Gasteiger partial charge in [-0.05, 0) is 25.8 Å². The van der Waals surface area contributed by atoms with Gasteiger partial charge >= 0.3 is 5.97 Å². The molecule has 0 N–H and O–H groups in total. The molecule has 0 rings (SSSR count). The van der Waals surface area contributed by atoms with Crippen LogP contribution in [-0.2, 0) is 9.53 Å². The maximum absolute atomic E-state index is 11.0. The molecule has 0 aliphatic heterocycles. The highest BCUT2D eigenvalue weighted by Crippen LogP contribution is 2.06. The van der Waals surface area contributed by atoms with Crippen LogP contribution in [0.2, 0.25) is 0 Å². The molecule has 0 aromatic carbocycles. The second kappa shape index (κ2) is 5.14. The Morgan fingerprint density at radius 1 is 1.33 bits per heavy atom. The number of hydrogen-bond donors (Lipinski definition) is 0. The van der Waals surface area contributed by atoms with Crippen LogP contribution in [0, 0.1) is 0 Å². The summed E-state index contributed by atoms with van der Waals surface area (Å²) in [6.45, 7) is 5.50. The van der Waals surface area contributed by atoms with Crippen molar-refractivity contribution >= 4 is 21.9 Å². The Hall–Kier alpha value is -0.570. The number of ether oxygens (including phenoxy) is 1. The molecule has 0 saturated carbocycles. The van der Waals surface area contributed by atoms with E-state index >= 15 is 0 Å². The van der Waals surface area contributed by atoms with Crippen LogP contribution in [0.25, 0.3) is 0 Å². The number of esters is 1. The zero-order valence-electron chi connectivity index (χ0n) is 7.50. The molecule has 0 bridgehead atoms. The van der Waals surface area contributed by atoms with Gasteiger partial charge in [0.15, 0.2) is 0 Å². The van der Waals surface area contributed by atoms with E-state index in [-0.39, 0.29) is 5.97 Å². The fourth-order valence-electron chi connectivity index (χ4n) is 0.512. The first-order valence-corrected chi connectivity index (χ1v) is 4.53. The Kier molecular flexibility index (Phi) is 4.90. The molecular formula is C9H13BrO2. The van der Waals surface area contributed by atoms with E-state index < -0.39 is 5.60 Å². The lowest BCUT2D eigenvalue weighted by molar-refractivity contribution is -0.148. The van der Waals surface area contributed by atoms with Gasteiger partial charge in [0.1, 0.15) is 5.60 Å². The average molecular weight is 233 g/mol. The molecule has 2 nitrogen and oxygen atoms in total. The van der Waals surface area contributed by atoms with Gasteiger partial charge in [-0.15, -0.1) is 0 Å². The molecule has 0 unspecified atom stereocenters. The van der Waals surface area contributed by atoms with Crippen LogP contribution < -0.4 is 0 Å². The molecule has 0 aromatic heterocycles. The summed E-state index contributed by atoms with van der Waals surface area (Å²) in [5.74, 6) is -0.326. The molecule has 68 valence electrons. The molecule has 0 spiro atoms. The van der Waals surface area contributed by atoms with E-state index in [0.717, 1.165) is 0 Å². The molecule has 0 heterocycles. The summed E-state index contributed by atoms with van der Waals surface area (Å²) in [5, 5.41) is 0. The van der Waals surface area contributed by atoms with Crippen molar-refractivity contribution in [3.8, 4) is 0 Å². The quantitative estimate of drug-likeness (QED) is 0.416. The highest BCUT2D eigenvalue weighted by molar-refractivity contribution is 9.11. The van der Waals surface area contributed by atoms with E-state index in [1.54, 1.807) is 17.1 Å². The largest absolute Gasteiger partial charge is 0.457 e. The van der Waals surface area contributed by atoms with Crippen LogP contribution in [-0.4, -0.2) is 11.6 Å². The van der Waals surface area contributed by atoms with Crippen molar-refractivity contribution in [2.45, 2.75) is 26.4 Å². The monoisotopic (exact) mass is 232 g/mol. The number of allylic oxidation sites excluding steroid dienone is 2. The lowest BCUT2D eigenvalue weighted by Crippen LogP contribution is -2.22. The normalized spacial score (nSPS) is 12.7. The van der Waals surface area contributed by atoms with Gasteiger partial charge in [-0.1, -0.05) is 28.1 Å². The number of carbonyl (C=O) groups is 1. The Morgan fingerprint density at radius 2 is 1.92 bits per heavy atom. The van der Waals surface area contributed by atoms with Gasteiger partial charge in [-0.25, -0.2) is 4.79 Å². The first kappa shape index (κ1) is 11.4. The lowest BCUT2D eigenvalue weighted by atomic mass is 10.2. The van der Waals surface area contributed by atoms with Crippen LogP contribution in [0.5, 0.6) is 0 Å². The fourth-order valence-corrected chi connectivity index (χ4v) is 0.688. The topological polar surface area (TPSA) is 26.3 Å². The third-order valence-corrected chi connectivity index (χ3v) is 1.13. The van der Waals surface area contributed by atoms with Crippen molar-refractivity contribution in [2.75, 3.05) is 0 Å². The predicted octanol–water partition coefficient (Wildman–Crippen LogP) is 2.79. The summed E-state index contributed by atoms with van der Waals surface area (Å²) < 4.78 is 5.01. The molecule has 0 radical (unpaired) electrons. The van der Waals surface area contributed by atoms with Crippen molar-refractivity contribution in [2.24, 2.45) is 0 Å². The molecule has 0 aliphatic carbocycles. The number of halogens is 1. The van der Waals surface area contributed by atoms with Crippen LogP contribution in [0.15, 0.2) is 23.2 Å². The highest BCUT2D eigenvalue weighted by atomic mass is 79.9. The Labute approximate surface area is 81.4 Å². The van der Waals surface area contributed by atoms with Gasteiger partial charge in [-0.3, -0.25) is 0 Å². The first-order valence-electron chi connectivity index (χ1n) is 3.62. The summed E-state index contributed by atoms with van der Waals surface area (Å²) in [6.07, 6.45) is 4.69. The van der Waals surface area contributed by atoms with Crippen LogP contribution in [0.1, 0.15) is 20.8 Å². The van der Waals surface area contributed by atoms with E-state index in [0.29, 0.717) is 0 Å². The molecular weight excluding hydrogens is 220 g/mol. The molecule has 0 saturated heterocycles. The second-order valence-electron chi connectivity index (χ2n) is 3.21. The summed E-state index contributed by atoms with van der Waals surface area (Å²) in [7, 11) is 0. The van der Waals surface area contributed by atoms with Crippen LogP contribution in [0.3, 0.4) is 0 Å². The van der Waals surface area contributed by atoms with Gasteiger partial charge in [0.25, 0.3) is 0 Å². The zero-order chi connectivity index (χ0) is 9.61. The van der Waals surface area contributed by atoms with E-state index in [9.17, 15) is 4.79 Å². The third kappa shape index (κ3) is 7.54. The standard InChI is InChI=1S/C9H13BrO2/c1-9(2,3)12-8(11)6-4-5-7-10/h4-7H,1-3H3/b6-4+,7-5-. The lowest BCUT2D eigenvalue weighted by Gasteiger charge is -2.17. The van der Waals surface area contributed by atoms with Gasteiger partial charge in [0, 0.05) is 6.08 Å². The van der Waals surface area contributed by atoms with Crippen molar-refractivity contribution in [3.05, 3.63) is 23.2 Å². The van der Waals surface area contributed by atoms with Crippen molar-refractivity contribution in [1.82, 2.24) is 0 Å². The van der Waals surface area contributed by atoms with Gasteiger partial charge in [0.2, 0.25) is 0 Å². The molecule has 3 heteroatoms. The van der Waals surface area contributed by atoms with Gasteiger partial charge in [-0.2, -0.15) is 0 Å².